The number of amides is 1. The standard InChI is InChI=1S/C17H15Cl2F3N2O/c18-14-4-2-1-3-11(14)10-23-8-7-16(25)24-12-5-6-15(19)13(9-12)17(20,21)22/h1-6,9,23H,7-8,10H2,(H,24,25). The average Bonchev–Trinajstić information content (AvgIpc) is 2.54. The maximum atomic E-state index is 12.8. The fraction of sp³-hybridized carbons (Fsp3) is 0.235. The quantitative estimate of drug-likeness (QED) is 0.671. The summed E-state index contributed by atoms with van der Waals surface area (Å²) >= 11 is 11.6. The van der Waals surface area contributed by atoms with Crippen LogP contribution in [0.5, 0.6) is 0 Å². The van der Waals surface area contributed by atoms with E-state index in [1.807, 2.05) is 18.2 Å². The van der Waals surface area contributed by atoms with E-state index in [9.17, 15) is 18.0 Å². The largest absolute Gasteiger partial charge is 0.417 e. The van der Waals surface area contributed by atoms with Crippen molar-refractivity contribution >= 4 is 34.8 Å². The molecule has 0 bridgehead atoms. The van der Waals surface area contributed by atoms with E-state index in [-0.39, 0.29) is 12.1 Å². The van der Waals surface area contributed by atoms with E-state index in [2.05, 4.69) is 10.6 Å². The lowest BCUT2D eigenvalue weighted by Gasteiger charge is -2.12. The van der Waals surface area contributed by atoms with Gasteiger partial charge in [0.1, 0.15) is 0 Å². The molecule has 0 heterocycles. The summed E-state index contributed by atoms with van der Waals surface area (Å²) in [6.45, 7) is 0.850. The number of carbonyl (C=O) groups is 1. The molecule has 0 fully saturated rings. The lowest BCUT2D eigenvalue weighted by molar-refractivity contribution is -0.137. The van der Waals surface area contributed by atoms with Gasteiger partial charge in [0.15, 0.2) is 0 Å². The molecule has 8 heteroatoms. The van der Waals surface area contributed by atoms with Crippen LogP contribution in [0.2, 0.25) is 10.0 Å². The fourth-order valence-electron chi connectivity index (χ4n) is 2.11. The van der Waals surface area contributed by atoms with Gasteiger partial charge >= 0.3 is 6.18 Å². The molecule has 2 rings (SSSR count). The molecule has 0 radical (unpaired) electrons. The summed E-state index contributed by atoms with van der Waals surface area (Å²) < 4.78 is 38.4. The predicted molar refractivity (Wildman–Crippen MR) is 92.9 cm³/mol. The van der Waals surface area contributed by atoms with E-state index in [1.165, 1.54) is 6.07 Å². The van der Waals surface area contributed by atoms with Crippen LogP contribution in [0.15, 0.2) is 42.5 Å². The highest BCUT2D eigenvalue weighted by molar-refractivity contribution is 6.31. The number of rotatable bonds is 6. The van der Waals surface area contributed by atoms with E-state index < -0.39 is 22.7 Å². The topological polar surface area (TPSA) is 41.1 Å². The molecule has 2 aromatic rings. The number of hydrogen-bond donors (Lipinski definition) is 2. The second-order valence-corrected chi connectivity index (χ2v) is 6.07. The Morgan fingerprint density at radius 3 is 2.44 bits per heavy atom. The van der Waals surface area contributed by atoms with Gasteiger partial charge in [-0.1, -0.05) is 41.4 Å². The molecular formula is C17H15Cl2F3N2O. The third kappa shape index (κ3) is 5.92. The van der Waals surface area contributed by atoms with Crippen LogP contribution in [0, 0.1) is 0 Å². The molecule has 0 aliphatic rings. The van der Waals surface area contributed by atoms with Gasteiger partial charge in [0.2, 0.25) is 5.91 Å². The molecule has 0 spiro atoms. The van der Waals surface area contributed by atoms with Crippen molar-refractivity contribution in [2.45, 2.75) is 19.1 Å². The Balaban J connectivity index is 1.84. The van der Waals surface area contributed by atoms with Crippen molar-refractivity contribution in [2.24, 2.45) is 0 Å². The summed E-state index contributed by atoms with van der Waals surface area (Å²) in [6.07, 6.45) is -4.47. The van der Waals surface area contributed by atoms with E-state index in [0.29, 0.717) is 18.1 Å². The van der Waals surface area contributed by atoms with E-state index in [0.717, 1.165) is 17.7 Å². The lowest BCUT2D eigenvalue weighted by Crippen LogP contribution is -2.21. The summed E-state index contributed by atoms with van der Waals surface area (Å²) in [5.41, 5.74) is -0.0336. The van der Waals surface area contributed by atoms with E-state index in [4.69, 9.17) is 23.2 Å². The smallest absolute Gasteiger partial charge is 0.326 e. The second-order valence-electron chi connectivity index (χ2n) is 5.26. The second kappa shape index (κ2) is 8.56. The zero-order valence-electron chi connectivity index (χ0n) is 13.0. The number of alkyl halides is 3. The van der Waals surface area contributed by atoms with Gasteiger partial charge in [-0.3, -0.25) is 4.79 Å². The monoisotopic (exact) mass is 390 g/mol. The van der Waals surface area contributed by atoms with Crippen LogP contribution in [-0.4, -0.2) is 12.5 Å². The van der Waals surface area contributed by atoms with Crippen molar-refractivity contribution in [2.75, 3.05) is 11.9 Å². The van der Waals surface area contributed by atoms with Gasteiger partial charge in [-0.15, -0.1) is 0 Å². The summed E-state index contributed by atoms with van der Waals surface area (Å²) in [6, 6.07) is 10.6. The minimum absolute atomic E-state index is 0.0489. The first-order chi connectivity index (χ1) is 11.8. The van der Waals surface area contributed by atoms with E-state index >= 15 is 0 Å². The van der Waals surface area contributed by atoms with Crippen molar-refractivity contribution in [3.63, 3.8) is 0 Å². The number of benzene rings is 2. The minimum Gasteiger partial charge on any atom is -0.326 e. The van der Waals surface area contributed by atoms with Crippen LogP contribution in [0.1, 0.15) is 17.5 Å². The Morgan fingerprint density at radius 2 is 1.76 bits per heavy atom. The molecule has 3 nitrogen and oxygen atoms in total. The number of nitrogens with one attached hydrogen (secondary N) is 2. The highest BCUT2D eigenvalue weighted by Crippen LogP contribution is 2.36. The van der Waals surface area contributed by atoms with Gasteiger partial charge in [0.05, 0.1) is 10.6 Å². The average molecular weight is 391 g/mol. The first kappa shape index (κ1) is 19.6. The molecule has 1 amide bonds. The molecule has 0 aliphatic heterocycles. The lowest BCUT2D eigenvalue weighted by atomic mass is 10.2. The van der Waals surface area contributed by atoms with Crippen LogP contribution >= 0.6 is 23.2 Å². The third-order valence-electron chi connectivity index (χ3n) is 3.36. The van der Waals surface area contributed by atoms with Crippen LogP contribution in [-0.2, 0) is 17.5 Å². The number of halogens is 5. The molecule has 0 saturated carbocycles. The Morgan fingerprint density at radius 1 is 1.04 bits per heavy atom. The van der Waals surface area contributed by atoms with Gasteiger partial charge < -0.3 is 10.6 Å². The predicted octanol–water partition coefficient (Wildman–Crippen LogP) is 5.13. The maximum absolute atomic E-state index is 12.8. The zero-order valence-corrected chi connectivity index (χ0v) is 14.5. The Kier molecular flexibility index (Phi) is 6.70. The molecule has 25 heavy (non-hydrogen) atoms. The zero-order chi connectivity index (χ0) is 18.4. The summed E-state index contributed by atoms with van der Waals surface area (Å²) in [5.74, 6) is -0.401. The van der Waals surface area contributed by atoms with Crippen molar-refractivity contribution in [1.29, 1.82) is 0 Å². The summed E-state index contributed by atoms with van der Waals surface area (Å²) in [5, 5.41) is 5.70. The third-order valence-corrected chi connectivity index (χ3v) is 4.06. The number of carbonyl (C=O) groups excluding carboxylic acids is 1. The fourth-order valence-corrected chi connectivity index (χ4v) is 2.54. The van der Waals surface area contributed by atoms with Crippen LogP contribution < -0.4 is 10.6 Å². The molecule has 0 aromatic heterocycles. The highest BCUT2D eigenvalue weighted by Gasteiger charge is 2.33. The Bertz CT molecular complexity index is 751. The molecule has 0 aliphatic carbocycles. The Hall–Kier alpha value is -1.76. The highest BCUT2D eigenvalue weighted by atomic mass is 35.5. The molecule has 0 atom stereocenters. The number of hydrogen-bond acceptors (Lipinski definition) is 2. The van der Waals surface area contributed by atoms with Crippen molar-refractivity contribution in [3.05, 3.63) is 63.6 Å². The van der Waals surface area contributed by atoms with Crippen molar-refractivity contribution in [1.82, 2.24) is 5.32 Å². The van der Waals surface area contributed by atoms with Gasteiger partial charge in [-0.05, 0) is 29.8 Å². The minimum atomic E-state index is -4.58. The van der Waals surface area contributed by atoms with Crippen LogP contribution in [0.4, 0.5) is 18.9 Å². The first-order valence-corrected chi connectivity index (χ1v) is 8.13. The maximum Gasteiger partial charge on any atom is 0.417 e. The van der Waals surface area contributed by atoms with Crippen molar-refractivity contribution < 1.29 is 18.0 Å². The van der Waals surface area contributed by atoms with E-state index in [1.54, 1.807) is 6.07 Å². The van der Waals surface area contributed by atoms with Crippen LogP contribution in [0.3, 0.4) is 0 Å². The number of anilines is 1. The van der Waals surface area contributed by atoms with Gasteiger partial charge in [-0.25, -0.2) is 0 Å². The van der Waals surface area contributed by atoms with Crippen molar-refractivity contribution in [3.8, 4) is 0 Å². The van der Waals surface area contributed by atoms with Gasteiger partial charge in [0, 0.05) is 30.2 Å². The SMILES string of the molecule is O=C(CCNCc1ccccc1Cl)Nc1ccc(Cl)c(C(F)(F)F)c1. The molecule has 2 aromatic carbocycles. The molecular weight excluding hydrogens is 376 g/mol. The molecule has 2 N–H and O–H groups in total. The van der Waals surface area contributed by atoms with Gasteiger partial charge in [0.25, 0.3) is 0 Å². The Labute approximate surface area is 153 Å². The molecule has 0 unspecified atom stereocenters. The summed E-state index contributed by atoms with van der Waals surface area (Å²) in [7, 11) is 0. The summed E-state index contributed by atoms with van der Waals surface area (Å²) in [4.78, 5) is 11.8. The normalized spacial score (nSPS) is 11.4. The molecule has 134 valence electrons. The molecule has 0 saturated heterocycles. The van der Waals surface area contributed by atoms with Crippen LogP contribution in [0.25, 0.3) is 0 Å². The first-order valence-electron chi connectivity index (χ1n) is 7.38. The van der Waals surface area contributed by atoms with Gasteiger partial charge in [-0.2, -0.15) is 13.2 Å².